The first-order chi connectivity index (χ1) is 11.3. The number of benzene rings is 1. The Morgan fingerprint density at radius 1 is 1.33 bits per heavy atom. The van der Waals surface area contributed by atoms with Crippen LogP contribution in [0.3, 0.4) is 0 Å². The van der Waals surface area contributed by atoms with E-state index in [1.54, 1.807) is 0 Å². The summed E-state index contributed by atoms with van der Waals surface area (Å²) in [6, 6.07) is 2.00. The van der Waals surface area contributed by atoms with Crippen LogP contribution >= 0.6 is 0 Å². The summed E-state index contributed by atoms with van der Waals surface area (Å²) < 4.78 is 31.4. The second-order valence-corrected chi connectivity index (χ2v) is 5.56. The number of carbonyl (C=O) groups is 3. The van der Waals surface area contributed by atoms with Crippen LogP contribution in [0.15, 0.2) is 18.2 Å². The Morgan fingerprint density at radius 3 is 2.67 bits per heavy atom. The number of rotatable bonds is 4. The third kappa shape index (κ3) is 4.06. The highest BCUT2D eigenvalue weighted by Gasteiger charge is 2.35. The molecule has 2 atom stereocenters. The van der Waals surface area contributed by atoms with Gasteiger partial charge >= 0.3 is 5.97 Å². The van der Waals surface area contributed by atoms with E-state index in [9.17, 15) is 23.2 Å². The minimum atomic E-state index is -1.18. The molecule has 1 aliphatic heterocycles. The third-order valence-electron chi connectivity index (χ3n) is 3.78. The Morgan fingerprint density at radius 2 is 2.04 bits per heavy atom. The molecule has 0 radical (unpaired) electrons. The van der Waals surface area contributed by atoms with Gasteiger partial charge in [-0.15, -0.1) is 0 Å². The maximum absolute atomic E-state index is 13.5. The van der Waals surface area contributed by atoms with Crippen LogP contribution in [0.1, 0.15) is 26.7 Å². The van der Waals surface area contributed by atoms with Crippen molar-refractivity contribution in [2.24, 2.45) is 0 Å². The van der Waals surface area contributed by atoms with Gasteiger partial charge in [0, 0.05) is 19.5 Å². The first-order valence-electron chi connectivity index (χ1n) is 7.53. The first-order valence-corrected chi connectivity index (χ1v) is 7.53. The van der Waals surface area contributed by atoms with Gasteiger partial charge in [-0.1, -0.05) is 0 Å². The van der Waals surface area contributed by atoms with Crippen molar-refractivity contribution in [2.45, 2.75) is 38.8 Å². The fraction of sp³-hybridized carbons (Fsp3) is 0.438. The molecular formula is C16H18F2N2O4. The SMILES string of the molecule is CC(=O)N1CCC[C@H]1C(=O)O[C@H](C)C(=O)Nc1ccc(F)cc1F. The predicted molar refractivity (Wildman–Crippen MR) is 81.0 cm³/mol. The molecule has 130 valence electrons. The van der Waals surface area contributed by atoms with Crippen LogP contribution in [-0.4, -0.2) is 41.4 Å². The number of likely N-dealkylation sites (tertiary alicyclic amines) is 1. The highest BCUT2D eigenvalue weighted by Crippen LogP contribution is 2.20. The Balaban J connectivity index is 1.96. The van der Waals surface area contributed by atoms with Crippen LogP contribution in [0.4, 0.5) is 14.5 Å². The fourth-order valence-corrected chi connectivity index (χ4v) is 2.52. The number of amides is 2. The zero-order valence-corrected chi connectivity index (χ0v) is 13.3. The molecule has 1 fully saturated rings. The largest absolute Gasteiger partial charge is 0.451 e. The Hall–Kier alpha value is -2.51. The smallest absolute Gasteiger partial charge is 0.329 e. The van der Waals surface area contributed by atoms with Gasteiger partial charge in [-0.05, 0) is 31.9 Å². The highest BCUT2D eigenvalue weighted by molar-refractivity contribution is 5.95. The number of nitrogens with one attached hydrogen (secondary N) is 1. The van der Waals surface area contributed by atoms with Crippen molar-refractivity contribution in [3.05, 3.63) is 29.8 Å². The van der Waals surface area contributed by atoms with Crippen molar-refractivity contribution in [2.75, 3.05) is 11.9 Å². The molecule has 6 nitrogen and oxygen atoms in total. The molecule has 0 unspecified atom stereocenters. The van der Waals surface area contributed by atoms with Crippen molar-refractivity contribution in [3.63, 3.8) is 0 Å². The lowest BCUT2D eigenvalue weighted by atomic mass is 10.2. The van der Waals surface area contributed by atoms with Gasteiger partial charge in [-0.25, -0.2) is 13.6 Å². The molecule has 2 amide bonds. The molecule has 8 heteroatoms. The maximum Gasteiger partial charge on any atom is 0.329 e. The topological polar surface area (TPSA) is 75.7 Å². The van der Waals surface area contributed by atoms with Gasteiger partial charge in [0.1, 0.15) is 17.7 Å². The fourth-order valence-electron chi connectivity index (χ4n) is 2.52. The number of ether oxygens (including phenoxy) is 1. The normalized spacial score (nSPS) is 18.2. The van der Waals surface area contributed by atoms with Crippen LogP contribution in [0, 0.1) is 11.6 Å². The number of nitrogens with zero attached hydrogens (tertiary/aromatic N) is 1. The molecule has 1 aromatic carbocycles. The average molecular weight is 340 g/mol. The second-order valence-electron chi connectivity index (χ2n) is 5.56. The number of esters is 1. The average Bonchev–Trinajstić information content (AvgIpc) is 2.99. The zero-order chi connectivity index (χ0) is 17.9. The Kier molecular flexibility index (Phi) is 5.48. The summed E-state index contributed by atoms with van der Waals surface area (Å²) in [6.07, 6.45) is -0.0311. The minimum Gasteiger partial charge on any atom is -0.451 e. The molecule has 2 rings (SSSR count). The van der Waals surface area contributed by atoms with E-state index in [4.69, 9.17) is 4.74 Å². The zero-order valence-electron chi connectivity index (χ0n) is 13.3. The van der Waals surface area contributed by atoms with Crippen LogP contribution in [-0.2, 0) is 19.1 Å². The van der Waals surface area contributed by atoms with Crippen molar-refractivity contribution in [3.8, 4) is 0 Å². The number of anilines is 1. The number of carbonyl (C=O) groups excluding carboxylic acids is 3. The molecule has 0 aliphatic carbocycles. The lowest BCUT2D eigenvalue weighted by Crippen LogP contribution is -2.42. The van der Waals surface area contributed by atoms with Crippen molar-refractivity contribution in [1.82, 2.24) is 4.90 Å². The number of hydrogen-bond acceptors (Lipinski definition) is 4. The molecule has 1 aromatic rings. The van der Waals surface area contributed by atoms with E-state index in [1.807, 2.05) is 0 Å². The minimum absolute atomic E-state index is 0.212. The molecule has 24 heavy (non-hydrogen) atoms. The van der Waals surface area contributed by atoms with E-state index < -0.39 is 35.7 Å². The Bertz CT molecular complexity index is 665. The maximum atomic E-state index is 13.5. The van der Waals surface area contributed by atoms with E-state index in [0.717, 1.165) is 12.1 Å². The van der Waals surface area contributed by atoms with Crippen LogP contribution in [0.25, 0.3) is 0 Å². The lowest BCUT2D eigenvalue weighted by Gasteiger charge is -2.23. The van der Waals surface area contributed by atoms with Gasteiger partial charge in [0.25, 0.3) is 5.91 Å². The van der Waals surface area contributed by atoms with Crippen molar-refractivity contribution < 1.29 is 27.9 Å². The van der Waals surface area contributed by atoms with Crippen LogP contribution in [0.2, 0.25) is 0 Å². The summed E-state index contributed by atoms with van der Waals surface area (Å²) >= 11 is 0. The summed E-state index contributed by atoms with van der Waals surface area (Å²) in [4.78, 5) is 37.0. The molecule has 0 bridgehead atoms. The van der Waals surface area contributed by atoms with Crippen LogP contribution < -0.4 is 5.32 Å². The Labute approximate surface area is 137 Å². The van der Waals surface area contributed by atoms with Gasteiger partial charge < -0.3 is 15.0 Å². The van der Waals surface area contributed by atoms with Gasteiger partial charge in [-0.3, -0.25) is 9.59 Å². The highest BCUT2D eigenvalue weighted by atomic mass is 19.1. The molecule has 0 aromatic heterocycles. The summed E-state index contributed by atoms with van der Waals surface area (Å²) in [5.74, 6) is -3.36. The van der Waals surface area contributed by atoms with E-state index in [2.05, 4.69) is 5.32 Å². The second kappa shape index (κ2) is 7.37. The monoisotopic (exact) mass is 340 g/mol. The molecule has 1 heterocycles. The standard InChI is InChI=1S/C16H18F2N2O4/c1-9(15(22)19-13-6-5-11(17)8-12(13)18)24-16(23)14-4-3-7-20(14)10(2)21/h5-6,8-9,14H,3-4,7H2,1-2H3,(H,19,22)/t9-,14+/m1/s1. The first kappa shape index (κ1) is 17.8. The summed E-state index contributed by atoms with van der Waals surface area (Å²) in [5.41, 5.74) is -0.212. The summed E-state index contributed by atoms with van der Waals surface area (Å²) in [6.45, 7) is 3.16. The van der Waals surface area contributed by atoms with E-state index in [0.29, 0.717) is 25.5 Å². The van der Waals surface area contributed by atoms with Crippen molar-refractivity contribution in [1.29, 1.82) is 0 Å². The van der Waals surface area contributed by atoms with Gasteiger partial charge in [0.05, 0.1) is 5.69 Å². The lowest BCUT2D eigenvalue weighted by molar-refractivity contribution is -0.159. The van der Waals surface area contributed by atoms with Gasteiger partial charge in [-0.2, -0.15) is 0 Å². The predicted octanol–water partition coefficient (Wildman–Crippen LogP) is 1.85. The van der Waals surface area contributed by atoms with E-state index >= 15 is 0 Å². The molecule has 1 N–H and O–H groups in total. The van der Waals surface area contributed by atoms with E-state index in [1.165, 1.54) is 18.7 Å². The molecule has 1 saturated heterocycles. The van der Waals surface area contributed by atoms with Crippen LogP contribution in [0.5, 0.6) is 0 Å². The quantitative estimate of drug-likeness (QED) is 0.849. The number of halogens is 2. The third-order valence-corrected chi connectivity index (χ3v) is 3.78. The molecule has 1 aliphatic rings. The van der Waals surface area contributed by atoms with Gasteiger partial charge in [0.2, 0.25) is 5.91 Å². The summed E-state index contributed by atoms with van der Waals surface area (Å²) in [5, 5.41) is 2.23. The molecule has 0 saturated carbocycles. The summed E-state index contributed by atoms with van der Waals surface area (Å²) in [7, 11) is 0. The molecular weight excluding hydrogens is 322 g/mol. The van der Waals surface area contributed by atoms with Gasteiger partial charge in [0.15, 0.2) is 6.10 Å². The van der Waals surface area contributed by atoms with Crippen molar-refractivity contribution >= 4 is 23.5 Å². The van der Waals surface area contributed by atoms with E-state index in [-0.39, 0.29) is 11.6 Å². The number of hydrogen-bond donors (Lipinski definition) is 1. The molecule has 0 spiro atoms.